The minimum absolute atomic E-state index is 0. The Morgan fingerprint density at radius 2 is 1.80 bits per heavy atom. The fourth-order valence-corrected chi connectivity index (χ4v) is 2.20. The summed E-state index contributed by atoms with van der Waals surface area (Å²) in [6, 6.07) is 5.14. The van der Waals surface area contributed by atoms with Gasteiger partial charge in [0.25, 0.3) is 11.2 Å². The third kappa shape index (κ3) is 3.58. The second-order valence-electron chi connectivity index (χ2n) is 4.72. The van der Waals surface area contributed by atoms with Crippen LogP contribution < -0.4 is 16.5 Å². The van der Waals surface area contributed by atoms with Crippen molar-refractivity contribution in [3.05, 3.63) is 72.8 Å². The number of nitrogens with zero attached hydrogens (tertiary/aromatic N) is 4. The normalized spacial score (nSPS) is 10.9. The topological polar surface area (TPSA) is 150 Å². The minimum atomic E-state index is -0.672. The van der Waals surface area contributed by atoms with Crippen molar-refractivity contribution in [3.8, 4) is 11.9 Å². The number of hydrogen-bond acceptors (Lipinski definition) is 6. The van der Waals surface area contributed by atoms with Gasteiger partial charge in [0.2, 0.25) is 11.7 Å². The van der Waals surface area contributed by atoms with E-state index in [2.05, 4.69) is 15.0 Å². The van der Waals surface area contributed by atoms with Crippen molar-refractivity contribution in [2.45, 2.75) is 0 Å². The molecule has 0 amide bonds. The van der Waals surface area contributed by atoms with Crippen LogP contribution in [0.2, 0.25) is 0 Å². The Bertz CT molecular complexity index is 1180. The fourth-order valence-electron chi connectivity index (χ4n) is 2.20. The molecule has 3 aromatic rings. The van der Waals surface area contributed by atoms with E-state index >= 15 is 0 Å². The van der Waals surface area contributed by atoms with Gasteiger partial charge in [0.05, 0.1) is 16.0 Å². The number of nitriles is 1. The standard InChI is InChI=1S/C14H8N6O4.Na.H/c15-7-16-13-14(22)18-10-6-12(20(23)24)11(5-9(10)17-13)19-3-1-8(21)2-4-19;;/h1-6H,(H,16,17)(H,18,22);;. The number of aromatic amines is 2. The zero-order valence-corrected chi connectivity index (χ0v) is 11.9. The second-order valence-corrected chi connectivity index (χ2v) is 4.72. The van der Waals surface area contributed by atoms with Gasteiger partial charge in [-0.15, -0.1) is 4.99 Å². The number of fused-ring (bicyclic) bond motifs is 1. The molecule has 0 saturated carbocycles. The quantitative estimate of drug-likeness (QED) is 0.281. The number of rotatable bonds is 2. The van der Waals surface area contributed by atoms with E-state index in [0.717, 1.165) is 0 Å². The molecule has 0 unspecified atom stereocenters. The number of aromatic nitrogens is 3. The SMILES string of the molecule is N#C/N=c1/[nH]c2cc(-n3ccc(=O)cc3)c([N+](=O)[O-])cc2[nH]c1=O.[NaH]. The summed E-state index contributed by atoms with van der Waals surface area (Å²) in [7, 11) is 0. The first-order valence-electron chi connectivity index (χ1n) is 6.56. The van der Waals surface area contributed by atoms with Gasteiger partial charge in [0, 0.05) is 30.6 Å². The van der Waals surface area contributed by atoms with Crippen molar-refractivity contribution >= 4 is 46.3 Å². The summed E-state index contributed by atoms with van der Waals surface area (Å²) in [5.74, 6) is 0. The Morgan fingerprint density at radius 1 is 1.16 bits per heavy atom. The molecule has 0 fully saturated rings. The Morgan fingerprint density at radius 3 is 2.40 bits per heavy atom. The Kier molecular flexibility index (Phi) is 5.33. The third-order valence-electron chi connectivity index (χ3n) is 3.27. The van der Waals surface area contributed by atoms with E-state index in [1.165, 1.54) is 47.4 Å². The molecule has 0 bridgehead atoms. The Hall–Kier alpha value is -3.00. The van der Waals surface area contributed by atoms with Crippen LogP contribution in [0.25, 0.3) is 16.7 Å². The molecule has 2 aromatic heterocycles. The molecule has 0 aliphatic rings. The average molecular weight is 348 g/mol. The first-order valence-corrected chi connectivity index (χ1v) is 6.56. The third-order valence-corrected chi connectivity index (χ3v) is 3.27. The molecule has 0 saturated heterocycles. The predicted molar refractivity (Wildman–Crippen MR) is 89.5 cm³/mol. The van der Waals surface area contributed by atoms with Crippen molar-refractivity contribution < 1.29 is 4.92 Å². The number of nitrogens with one attached hydrogen (secondary N) is 2. The fraction of sp³-hybridized carbons (Fsp3) is 0. The van der Waals surface area contributed by atoms with Gasteiger partial charge in [0.15, 0.2) is 5.43 Å². The predicted octanol–water partition coefficient (Wildman–Crippen LogP) is -0.351. The van der Waals surface area contributed by atoms with Crippen LogP contribution in [0.4, 0.5) is 5.69 Å². The maximum absolute atomic E-state index is 11.8. The molecule has 0 spiro atoms. The van der Waals surface area contributed by atoms with Crippen LogP contribution in [0.5, 0.6) is 0 Å². The molecule has 0 radical (unpaired) electrons. The van der Waals surface area contributed by atoms with Crippen LogP contribution in [0.3, 0.4) is 0 Å². The van der Waals surface area contributed by atoms with Crippen molar-refractivity contribution in [3.63, 3.8) is 0 Å². The summed E-state index contributed by atoms with van der Waals surface area (Å²) in [4.78, 5) is 42.1. The molecule has 0 aliphatic carbocycles. The maximum atomic E-state index is 11.8. The molecule has 120 valence electrons. The summed E-state index contributed by atoms with van der Waals surface area (Å²) in [6.45, 7) is 0. The molecule has 10 nitrogen and oxygen atoms in total. The van der Waals surface area contributed by atoms with Gasteiger partial charge in [-0.2, -0.15) is 5.26 Å². The molecular weight excluding hydrogens is 339 g/mol. The van der Waals surface area contributed by atoms with Gasteiger partial charge in [-0.3, -0.25) is 19.7 Å². The number of benzene rings is 1. The number of H-pyrrole nitrogens is 2. The zero-order valence-electron chi connectivity index (χ0n) is 11.9. The summed E-state index contributed by atoms with van der Waals surface area (Å²) >= 11 is 0. The Labute approximate surface area is 160 Å². The van der Waals surface area contributed by atoms with Crippen LogP contribution >= 0.6 is 0 Å². The van der Waals surface area contributed by atoms with Crippen LogP contribution in [0, 0.1) is 21.6 Å². The number of pyridine rings is 1. The van der Waals surface area contributed by atoms with Crippen LogP contribution in [0.1, 0.15) is 0 Å². The zero-order chi connectivity index (χ0) is 17.3. The van der Waals surface area contributed by atoms with E-state index in [0.29, 0.717) is 5.52 Å². The second kappa shape index (κ2) is 7.27. The number of nitro benzene ring substituents is 1. The molecular formula is C14H9N6NaO4. The van der Waals surface area contributed by atoms with Crippen LogP contribution in [-0.2, 0) is 0 Å². The number of nitro groups is 1. The molecule has 25 heavy (non-hydrogen) atoms. The molecule has 2 heterocycles. The first kappa shape index (κ1) is 18.3. The van der Waals surface area contributed by atoms with E-state index in [4.69, 9.17) is 5.26 Å². The van der Waals surface area contributed by atoms with Crippen molar-refractivity contribution in [2.75, 3.05) is 0 Å². The van der Waals surface area contributed by atoms with Crippen LogP contribution in [-0.4, -0.2) is 49.0 Å². The molecule has 2 N–H and O–H groups in total. The molecule has 11 heteroatoms. The van der Waals surface area contributed by atoms with Crippen LogP contribution in [0.15, 0.2) is 51.2 Å². The van der Waals surface area contributed by atoms with Gasteiger partial charge in [-0.05, 0) is 6.07 Å². The van der Waals surface area contributed by atoms with E-state index in [-0.39, 0.29) is 57.4 Å². The van der Waals surface area contributed by atoms with Gasteiger partial charge >= 0.3 is 29.6 Å². The van der Waals surface area contributed by atoms with Crippen molar-refractivity contribution in [1.82, 2.24) is 14.5 Å². The van der Waals surface area contributed by atoms with E-state index < -0.39 is 10.5 Å². The molecule has 0 aliphatic heterocycles. The monoisotopic (exact) mass is 348 g/mol. The summed E-state index contributed by atoms with van der Waals surface area (Å²) in [6.07, 6.45) is 4.28. The van der Waals surface area contributed by atoms with E-state index in [1.54, 1.807) is 0 Å². The van der Waals surface area contributed by atoms with Gasteiger partial charge in [-0.25, -0.2) is 0 Å². The first-order chi connectivity index (χ1) is 11.5. The van der Waals surface area contributed by atoms with Crippen molar-refractivity contribution in [1.29, 1.82) is 5.26 Å². The number of hydrogen-bond donors (Lipinski definition) is 2. The summed E-state index contributed by atoms with van der Waals surface area (Å²) in [5.41, 5.74) is -0.685. The van der Waals surface area contributed by atoms with E-state index in [9.17, 15) is 19.7 Å². The Balaban J connectivity index is 0.00000225. The van der Waals surface area contributed by atoms with Gasteiger partial charge in [0.1, 0.15) is 5.69 Å². The van der Waals surface area contributed by atoms with E-state index in [1.807, 2.05) is 0 Å². The summed E-state index contributed by atoms with van der Waals surface area (Å²) in [5, 5.41) is 19.9. The van der Waals surface area contributed by atoms with Crippen molar-refractivity contribution in [2.24, 2.45) is 4.99 Å². The van der Waals surface area contributed by atoms with Gasteiger partial charge in [-0.1, -0.05) is 0 Å². The summed E-state index contributed by atoms with van der Waals surface area (Å²) < 4.78 is 1.40. The molecule has 3 rings (SSSR count). The molecule has 1 aromatic carbocycles. The average Bonchev–Trinajstić information content (AvgIpc) is 2.55. The van der Waals surface area contributed by atoms with Gasteiger partial charge < -0.3 is 14.5 Å². The molecule has 0 atom stereocenters.